The Labute approximate surface area is 106 Å². The molecule has 0 aliphatic heterocycles. The first kappa shape index (κ1) is 14.2. The minimum atomic E-state index is -1.10. The van der Waals surface area contributed by atoms with E-state index in [0.29, 0.717) is 11.5 Å². The van der Waals surface area contributed by atoms with Gasteiger partial charge in [0.05, 0.1) is 5.56 Å². The lowest BCUT2D eigenvalue weighted by Gasteiger charge is -2.19. The third-order valence-electron chi connectivity index (χ3n) is 3.10. The topological polar surface area (TPSA) is 79.3 Å². The van der Waals surface area contributed by atoms with Gasteiger partial charge in [-0.1, -0.05) is 20.3 Å². The van der Waals surface area contributed by atoms with Crippen LogP contribution in [-0.2, 0) is 0 Å². The molecule has 5 nitrogen and oxygen atoms in total. The van der Waals surface area contributed by atoms with E-state index < -0.39 is 5.97 Å². The number of rotatable bonds is 5. The molecule has 0 aromatic carbocycles. The van der Waals surface area contributed by atoms with Crippen LogP contribution in [0, 0.1) is 5.92 Å². The lowest BCUT2D eigenvalue weighted by molar-refractivity contribution is 0.0689. The van der Waals surface area contributed by atoms with Crippen LogP contribution in [0.1, 0.15) is 48.0 Å². The van der Waals surface area contributed by atoms with Gasteiger partial charge < -0.3 is 10.4 Å². The summed E-state index contributed by atoms with van der Waals surface area (Å²) >= 11 is 0. The summed E-state index contributed by atoms with van der Waals surface area (Å²) in [6.07, 6.45) is 2.26. The SMILES string of the molecule is CCC(C)C(C)NC(=O)c1ccc(C(=O)O)nc1. The van der Waals surface area contributed by atoms with Crippen LogP contribution in [0.15, 0.2) is 18.3 Å². The summed E-state index contributed by atoms with van der Waals surface area (Å²) in [5.74, 6) is -0.942. The van der Waals surface area contributed by atoms with Gasteiger partial charge in [-0.25, -0.2) is 9.78 Å². The van der Waals surface area contributed by atoms with Crippen molar-refractivity contribution < 1.29 is 14.7 Å². The number of aromatic nitrogens is 1. The molecule has 0 saturated carbocycles. The van der Waals surface area contributed by atoms with Crippen molar-refractivity contribution in [2.45, 2.75) is 33.2 Å². The zero-order chi connectivity index (χ0) is 13.7. The molecule has 0 radical (unpaired) electrons. The second-order valence-electron chi connectivity index (χ2n) is 4.38. The predicted octanol–water partition coefficient (Wildman–Crippen LogP) is 1.94. The Morgan fingerprint density at radius 1 is 1.39 bits per heavy atom. The number of nitrogens with one attached hydrogen (secondary N) is 1. The fourth-order valence-corrected chi connectivity index (χ4v) is 1.44. The van der Waals surface area contributed by atoms with Crippen molar-refractivity contribution in [1.82, 2.24) is 10.3 Å². The van der Waals surface area contributed by atoms with Crippen molar-refractivity contribution in [2.75, 3.05) is 0 Å². The Morgan fingerprint density at radius 2 is 2.06 bits per heavy atom. The van der Waals surface area contributed by atoms with Crippen LogP contribution >= 0.6 is 0 Å². The molecule has 2 unspecified atom stereocenters. The number of hydrogen-bond donors (Lipinski definition) is 2. The highest BCUT2D eigenvalue weighted by molar-refractivity contribution is 5.95. The zero-order valence-corrected chi connectivity index (χ0v) is 10.8. The molecule has 1 rings (SSSR count). The van der Waals surface area contributed by atoms with E-state index in [-0.39, 0.29) is 17.6 Å². The minimum absolute atomic E-state index is 0.0680. The number of hydrogen-bond acceptors (Lipinski definition) is 3. The average molecular weight is 250 g/mol. The molecule has 98 valence electrons. The van der Waals surface area contributed by atoms with E-state index in [4.69, 9.17) is 5.11 Å². The molecule has 1 aromatic rings. The maximum absolute atomic E-state index is 11.9. The van der Waals surface area contributed by atoms with Crippen LogP contribution in [0.5, 0.6) is 0 Å². The van der Waals surface area contributed by atoms with Crippen LogP contribution in [0.4, 0.5) is 0 Å². The number of pyridine rings is 1. The van der Waals surface area contributed by atoms with Crippen LogP contribution in [0.25, 0.3) is 0 Å². The van der Waals surface area contributed by atoms with E-state index >= 15 is 0 Å². The molecule has 0 aliphatic rings. The third-order valence-corrected chi connectivity index (χ3v) is 3.10. The van der Waals surface area contributed by atoms with Crippen LogP contribution < -0.4 is 5.32 Å². The molecule has 5 heteroatoms. The van der Waals surface area contributed by atoms with Crippen molar-refractivity contribution in [3.8, 4) is 0 Å². The minimum Gasteiger partial charge on any atom is -0.477 e. The average Bonchev–Trinajstić information content (AvgIpc) is 2.37. The summed E-state index contributed by atoms with van der Waals surface area (Å²) in [4.78, 5) is 26.2. The molecule has 1 aromatic heterocycles. The third kappa shape index (κ3) is 3.55. The second-order valence-corrected chi connectivity index (χ2v) is 4.38. The van der Waals surface area contributed by atoms with E-state index in [2.05, 4.69) is 24.1 Å². The molecule has 1 heterocycles. The van der Waals surface area contributed by atoms with Crippen LogP contribution in [0.3, 0.4) is 0 Å². The van der Waals surface area contributed by atoms with E-state index in [0.717, 1.165) is 6.42 Å². The van der Waals surface area contributed by atoms with Gasteiger partial charge in [0.15, 0.2) is 0 Å². The molecule has 0 aliphatic carbocycles. The van der Waals surface area contributed by atoms with Gasteiger partial charge in [0.1, 0.15) is 5.69 Å². The van der Waals surface area contributed by atoms with Gasteiger partial charge in [-0.15, -0.1) is 0 Å². The first-order valence-electron chi connectivity index (χ1n) is 5.96. The Kier molecular flexibility index (Phi) is 4.83. The fourth-order valence-electron chi connectivity index (χ4n) is 1.44. The Balaban J connectivity index is 2.70. The molecule has 18 heavy (non-hydrogen) atoms. The van der Waals surface area contributed by atoms with Gasteiger partial charge in [-0.3, -0.25) is 4.79 Å². The lowest BCUT2D eigenvalue weighted by atomic mass is 10.0. The number of amides is 1. The van der Waals surface area contributed by atoms with Crippen molar-refractivity contribution in [2.24, 2.45) is 5.92 Å². The molecule has 0 saturated heterocycles. The molecule has 2 N–H and O–H groups in total. The first-order valence-corrected chi connectivity index (χ1v) is 5.96. The van der Waals surface area contributed by atoms with E-state index in [1.165, 1.54) is 18.3 Å². The van der Waals surface area contributed by atoms with E-state index in [1.807, 2.05) is 6.92 Å². The summed E-state index contributed by atoms with van der Waals surface area (Å²) in [5, 5.41) is 11.6. The number of aromatic carboxylic acids is 1. The molecule has 0 bridgehead atoms. The number of carbonyl (C=O) groups is 2. The largest absolute Gasteiger partial charge is 0.477 e. The summed E-state index contributed by atoms with van der Waals surface area (Å²) < 4.78 is 0. The monoisotopic (exact) mass is 250 g/mol. The molecule has 2 atom stereocenters. The second kappa shape index (κ2) is 6.14. The molecular formula is C13H18N2O3. The van der Waals surface area contributed by atoms with Crippen molar-refractivity contribution in [1.29, 1.82) is 0 Å². The normalized spacial score (nSPS) is 13.7. The number of carbonyl (C=O) groups excluding carboxylic acids is 1. The summed E-state index contributed by atoms with van der Waals surface area (Å²) in [6.45, 7) is 6.08. The highest BCUT2D eigenvalue weighted by Gasteiger charge is 2.15. The molecule has 0 fully saturated rings. The van der Waals surface area contributed by atoms with Gasteiger partial charge in [0.25, 0.3) is 5.91 Å². The maximum Gasteiger partial charge on any atom is 0.354 e. The summed E-state index contributed by atoms with van der Waals surface area (Å²) in [7, 11) is 0. The molecule has 0 spiro atoms. The highest BCUT2D eigenvalue weighted by atomic mass is 16.4. The Morgan fingerprint density at radius 3 is 2.50 bits per heavy atom. The van der Waals surface area contributed by atoms with Crippen molar-refractivity contribution in [3.63, 3.8) is 0 Å². The van der Waals surface area contributed by atoms with Crippen LogP contribution in [-0.4, -0.2) is 28.0 Å². The standard InChI is InChI=1S/C13H18N2O3/c1-4-8(2)9(3)15-12(16)10-5-6-11(13(17)18)14-7-10/h5-9H,4H2,1-3H3,(H,15,16)(H,17,18). The maximum atomic E-state index is 11.9. The number of carboxylic acids is 1. The highest BCUT2D eigenvalue weighted by Crippen LogP contribution is 2.08. The van der Waals surface area contributed by atoms with E-state index in [1.54, 1.807) is 0 Å². The smallest absolute Gasteiger partial charge is 0.354 e. The van der Waals surface area contributed by atoms with Crippen molar-refractivity contribution in [3.05, 3.63) is 29.6 Å². The van der Waals surface area contributed by atoms with Gasteiger partial charge in [-0.05, 0) is 25.0 Å². The van der Waals surface area contributed by atoms with Gasteiger partial charge in [0.2, 0.25) is 0 Å². The Hall–Kier alpha value is -1.91. The first-order chi connectivity index (χ1) is 8.45. The lowest BCUT2D eigenvalue weighted by Crippen LogP contribution is -2.36. The quantitative estimate of drug-likeness (QED) is 0.837. The fraction of sp³-hybridized carbons (Fsp3) is 0.462. The summed E-state index contributed by atoms with van der Waals surface area (Å²) in [5.41, 5.74) is 0.302. The molecule has 1 amide bonds. The zero-order valence-electron chi connectivity index (χ0n) is 10.8. The predicted molar refractivity (Wildman–Crippen MR) is 67.6 cm³/mol. The number of nitrogens with zero attached hydrogens (tertiary/aromatic N) is 1. The van der Waals surface area contributed by atoms with Crippen molar-refractivity contribution >= 4 is 11.9 Å². The van der Waals surface area contributed by atoms with Crippen LogP contribution in [0.2, 0.25) is 0 Å². The van der Waals surface area contributed by atoms with E-state index in [9.17, 15) is 9.59 Å². The van der Waals surface area contributed by atoms with Gasteiger partial charge in [0, 0.05) is 12.2 Å². The van der Waals surface area contributed by atoms with Gasteiger partial charge in [-0.2, -0.15) is 0 Å². The Bertz CT molecular complexity index is 428. The molecular weight excluding hydrogens is 232 g/mol. The summed E-state index contributed by atoms with van der Waals surface area (Å²) in [6, 6.07) is 2.86. The number of carboxylic acid groups (broad SMARTS) is 1. The van der Waals surface area contributed by atoms with Gasteiger partial charge >= 0.3 is 5.97 Å².